The highest BCUT2D eigenvalue weighted by Crippen LogP contribution is 2.37. The van der Waals surface area contributed by atoms with Crippen molar-refractivity contribution in [3.63, 3.8) is 0 Å². The molecule has 0 amide bonds. The molecule has 7 aromatic carbocycles. The van der Waals surface area contributed by atoms with Crippen LogP contribution in [0.2, 0.25) is 0 Å². The smallest absolute Gasteiger partial charge is 0.0470 e. The zero-order valence-corrected chi connectivity index (χ0v) is 20.9. The van der Waals surface area contributed by atoms with Gasteiger partial charge in [-0.15, -0.1) is 0 Å². The van der Waals surface area contributed by atoms with E-state index in [0.29, 0.717) is 0 Å². The second kappa shape index (κ2) is 9.42. The number of anilines is 4. The van der Waals surface area contributed by atoms with Crippen molar-refractivity contribution in [2.24, 2.45) is 0 Å². The lowest BCUT2D eigenvalue weighted by Gasteiger charge is -2.16. The van der Waals surface area contributed by atoms with E-state index < -0.39 is 0 Å². The van der Waals surface area contributed by atoms with Crippen LogP contribution in [0.3, 0.4) is 0 Å². The highest BCUT2D eigenvalue weighted by Gasteiger charge is 2.10. The van der Waals surface area contributed by atoms with Crippen LogP contribution in [-0.2, 0) is 0 Å². The SMILES string of the molecule is c1ccc(Nc2ccc3ccc(-c4cc5ccccc5cc4Nc4ccc5ccccc5c4)cc3c2)cc1. The summed E-state index contributed by atoms with van der Waals surface area (Å²) in [5.41, 5.74) is 6.70. The Kier molecular flexibility index (Phi) is 5.49. The predicted molar refractivity (Wildman–Crippen MR) is 164 cm³/mol. The highest BCUT2D eigenvalue weighted by atomic mass is 14.9. The van der Waals surface area contributed by atoms with E-state index >= 15 is 0 Å². The van der Waals surface area contributed by atoms with Crippen LogP contribution < -0.4 is 10.6 Å². The molecule has 0 aliphatic carbocycles. The van der Waals surface area contributed by atoms with Crippen molar-refractivity contribution in [3.05, 3.63) is 146 Å². The van der Waals surface area contributed by atoms with Crippen LogP contribution in [-0.4, -0.2) is 0 Å². The fourth-order valence-electron chi connectivity index (χ4n) is 5.19. The van der Waals surface area contributed by atoms with Crippen molar-refractivity contribution < 1.29 is 0 Å². The normalized spacial score (nSPS) is 11.2. The van der Waals surface area contributed by atoms with Crippen molar-refractivity contribution in [1.29, 1.82) is 0 Å². The first-order chi connectivity index (χ1) is 18.8. The molecule has 2 nitrogen and oxygen atoms in total. The number of para-hydroxylation sites is 1. The molecule has 0 spiro atoms. The first-order valence-electron chi connectivity index (χ1n) is 12.9. The molecule has 38 heavy (non-hydrogen) atoms. The maximum absolute atomic E-state index is 3.74. The van der Waals surface area contributed by atoms with Crippen LogP contribution >= 0.6 is 0 Å². The molecule has 0 aliphatic rings. The molecule has 0 bridgehead atoms. The van der Waals surface area contributed by atoms with E-state index in [0.717, 1.165) is 22.7 Å². The van der Waals surface area contributed by atoms with E-state index in [1.165, 1.54) is 43.4 Å². The van der Waals surface area contributed by atoms with E-state index in [9.17, 15) is 0 Å². The fraction of sp³-hybridized carbons (Fsp3) is 0. The Morgan fingerprint density at radius 2 is 0.868 bits per heavy atom. The summed E-state index contributed by atoms with van der Waals surface area (Å²) in [5.74, 6) is 0. The van der Waals surface area contributed by atoms with Gasteiger partial charge in [-0.25, -0.2) is 0 Å². The van der Waals surface area contributed by atoms with Gasteiger partial charge in [0, 0.05) is 28.3 Å². The van der Waals surface area contributed by atoms with Gasteiger partial charge in [0.25, 0.3) is 0 Å². The lowest BCUT2D eigenvalue weighted by atomic mass is 9.96. The molecule has 0 saturated carbocycles. The van der Waals surface area contributed by atoms with Gasteiger partial charge in [-0.2, -0.15) is 0 Å². The van der Waals surface area contributed by atoms with Crippen molar-refractivity contribution in [2.75, 3.05) is 10.6 Å². The number of benzene rings is 7. The largest absolute Gasteiger partial charge is 0.356 e. The number of hydrogen-bond acceptors (Lipinski definition) is 2. The van der Waals surface area contributed by atoms with Crippen LogP contribution in [0.1, 0.15) is 0 Å². The minimum absolute atomic E-state index is 1.08. The first-order valence-corrected chi connectivity index (χ1v) is 12.9. The molecule has 2 N–H and O–H groups in total. The maximum Gasteiger partial charge on any atom is 0.0470 e. The minimum atomic E-state index is 1.08. The van der Waals surface area contributed by atoms with Gasteiger partial charge >= 0.3 is 0 Å². The number of rotatable bonds is 5. The molecule has 0 aromatic heterocycles. The topological polar surface area (TPSA) is 24.1 Å². The minimum Gasteiger partial charge on any atom is -0.356 e. The number of nitrogens with one attached hydrogen (secondary N) is 2. The summed E-state index contributed by atoms with van der Waals surface area (Å²) in [5, 5.41) is 14.6. The van der Waals surface area contributed by atoms with Crippen LogP contribution in [0.25, 0.3) is 43.4 Å². The number of hydrogen-bond donors (Lipinski definition) is 2. The molecule has 7 aromatic rings. The van der Waals surface area contributed by atoms with Gasteiger partial charge < -0.3 is 10.6 Å². The average Bonchev–Trinajstić information content (AvgIpc) is 2.97. The summed E-state index contributed by atoms with van der Waals surface area (Å²) >= 11 is 0. The molecule has 0 unspecified atom stereocenters. The van der Waals surface area contributed by atoms with Crippen molar-refractivity contribution >= 4 is 55.1 Å². The molecule has 0 aliphatic heterocycles. The van der Waals surface area contributed by atoms with Gasteiger partial charge in [-0.3, -0.25) is 0 Å². The summed E-state index contributed by atoms with van der Waals surface area (Å²) in [7, 11) is 0. The van der Waals surface area contributed by atoms with E-state index in [-0.39, 0.29) is 0 Å². The molecule has 180 valence electrons. The molecule has 0 fully saturated rings. The molecular formula is C36H26N2. The van der Waals surface area contributed by atoms with Gasteiger partial charge in [-0.05, 0) is 92.5 Å². The Balaban J connectivity index is 1.32. The van der Waals surface area contributed by atoms with Gasteiger partial charge in [0.2, 0.25) is 0 Å². The summed E-state index contributed by atoms with van der Waals surface area (Å²) in [6.45, 7) is 0. The Morgan fingerprint density at radius 1 is 0.316 bits per heavy atom. The van der Waals surface area contributed by atoms with Gasteiger partial charge in [0.15, 0.2) is 0 Å². The van der Waals surface area contributed by atoms with E-state index in [4.69, 9.17) is 0 Å². The lowest BCUT2D eigenvalue weighted by Crippen LogP contribution is -1.95. The summed E-state index contributed by atoms with van der Waals surface area (Å²) in [6.07, 6.45) is 0. The molecule has 2 heteroatoms. The standard InChI is InChI=1S/C36H26N2/c1-2-12-32(13-3-1)37-33-18-17-26-14-15-30(20-31(26)22-33)35-23-28-10-6-7-11-29(28)24-36(35)38-34-19-16-25-8-4-5-9-27(25)21-34/h1-24,37-38H. The second-order valence-corrected chi connectivity index (χ2v) is 9.70. The predicted octanol–water partition coefficient (Wildman–Crippen LogP) is 10.3. The third-order valence-corrected chi connectivity index (χ3v) is 7.13. The van der Waals surface area contributed by atoms with E-state index in [1.54, 1.807) is 0 Å². The van der Waals surface area contributed by atoms with Crippen molar-refractivity contribution in [3.8, 4) is 11.1 Å². The lowest BCUT2D eigenvalue weighted by molar-refractivity contribution is 1.56. The van der Waals surface area contributed by atoms with Crippen LogP contribution in [0, 0.1) is 0 Å². The second-order valence-electron chi connectivity index (χ2n) is 9.70. The average molecular weight is 487 g/mol. The van der Waals surface area contributed by atoms with Crippen LogP contribution in [0.15, 0.2) is 146 Å². The van der Waals surface area contributed by atoms with Crippen molar-refractivity contribution in [1.82, 2.24) is 0 Å². The molecule has 0 heterocycles. The van der Waals surface area contributed by atoms with Crippen LogP contribution in [0.5, 0.6) is 0 Å². The van der Waals surface area contributed by atoms with E-state index in [1.807, 2.05) is 18.2 Å². The first kappa shape index (κ1) is 22.1. The Bertz CT molecular complexity index is 1920. The Morgan fingerprint density at radius 3 is 1.63 bits per heavy atom. The summed E-state index contributed by atoms with van der Waals surface area (Å²) in [6, 6.07) is 51.7. The Labute approximate surface area is 222 Å². The van der Waals surface area contributed by atoms with Crippen LogP contribution in [0.4, 0.5) is 22.7 Å². The third-order valence-electron chi connectivity index (χ3n) is 7.13. The summed E-state index contributed by atoms with van der Waals surface area (Å²) in [4.78, 5) is 0. The Hall–Kier alpha value is -5.08. The molecule has 0 atom stereocenters. The monoisotopic (exact) mass is 486 g/mol. The van der Waals surface area contributed by atoms with Crippen molar-refractivity contribution in [2.45, 2.75) is 0 Å². The third kappa shape index (κ3) is 4.33. The highest BCUT2D eigenvalue weighted by molar-refractivity contribution is 5.99. The zero-order chi connectivity index (χ0) is 25.3. The molecule has 0 saturated heterocycles. The fourth-order valence-corrected chi connectivity index (χ4v) is 5.19. The summed E-state index contributed by atoms with van der Waals surface area (Å²) < 4.78 is 0. The van der Waals surface area contributed by atoms with Gasteiger partial charge in [0.1, 0.15) is 0 Å². The number of fused-ring (bicyclic) bond motifs is 3. The molecular weight excluding hydrogens is 460 g/mol. The van der Waals surface area contributed by atoms with E-state index in [2.05, 4.69) is 138 Å². The maximum atomic E-state index is 3.74. The van der Waals surface area contributed by atoms with Gasteiger partial charge in [0.05, 0.1) is 0 Å². The van der Waals surface area contributed by atoms with Gasteiger partial charge in [-0.1, -0.05) is 91.0 Å². The zero-order valence-electron chi connectivity index (χ0n) is 20.9. The molecule has 7 rings (SSSR count). The quantitative estimate of drug-likeness (QED) is 0.253. The molecule has 0 radical (unpaired) electrons.